The molecular weight excluding hydrogens is 262 g/mol. The molecule has 0 aliphatic heterocycles. The largest absolute Gasteiger partial charge is 0.374 e. The van der Waals surface area contributed by atoms with Crippen LogP contribution in [0.4, 0.5) is 0 Å². The molecule has 1 aliphatic rings. The van der Waals surface area contributed by atoms with Crippen molar-refractivity contribution in [1.82, 2.24) is 15.1 Å². The van der Waals surface area contributed by atoms with Crippen LogP contribution in [0.5, 0.6) is 0 Å². The van der Waals surface area contributed by atoms with Gasteiger partial charge in [-0.05, 0) is 57.1 Å². The molecule has 4 nitrogen and oxygen atoms in total. The lowest BCUT2D eigenvalue weighted by atomic mass is 9.74. The molecule has 0 amide bonds. The van der Waals surface area contributed by atoms with Crippen molar-refractivity contribution in [1.29, 1.82) is 0 Å². The molecule has 0 bridgehead atoms. The van der Waals surface area contributed by atoms with Gasteiger partial charge >= 0.3 is 0 Å². The average Bonchev–Trinajstić information content (AvgIpc) is 2.87. The number of nitrogens with zero attached hydrogens (tertiary/aromatic N) is 2. The predicted octanol–water partition coefficient (Wildman–Crippen LogP) is 2.93. The van der Waals surface area contributed by atoms with Crippen LogP contribution in [-0.4, -0.2) is 34.6 Å². The standard InChI is InChI=1S/C17H31N3O/c1-5-18-16(11-15-12-19-20(4)13-15)17(21-6-2)9-7-14(3)8-10-17/h12-14,16,18H,5-11H2,1-4H3. The summed E-state index contributed by atoms with van der Waals surface area (Å²) in [6.07, 6.45) is 9.98. The summed E-state index contributed by atoms with van der Waals surface area (Å²) in [7, 11) is 1.98. The number of likely N-dealkylation sites (N-methyl/N-ethyl adjacent to an activating group) is 1. The maximum atomic E-state index is 6.32. The molecular formula is C17H31N3O. The van der Waals surface area contributed by atoms with Gasteiger partial charge in [-0.25, -0.2) is 0 Å². The Hall–Kier alpha value is -0.870. The number of aryl methyl sites for hydroxylation is 1. The SMILES string of the molecule is CCNC(Cc1cnn(C)c1)C1(OCC)CCC(C)CC1. The molecule has 1 heterocycles. The number of hydrogen-bond acceptors (Lipinski definition) is 3. The van der Waals surface area contributed by atoms with E-state index in [-0.39, 0.29) is 5.60 Å². The van der Waals surface area contributed by atoms with Gasteiger partial charge in [-0.15, -0.1) is 0 Å². The third kappa shape index (κ3) is 4.07. The van der Waals surface area contributed by atoms with Crippen molar-refractivity contribution in [2.75, 3.05) is 13.2 Å². The van der Waals surface area contributed by atoms with Crippen LogP contribution in [0.25, 0.3) is 0 Å². The summed E-state index contributed by atoms with van der Waals surface area (Å²) < 4.78 is 8.21. The predicted molar refractivity (Wildman–Crippen MR) is 86.4 cm³/mol. The van der Waals surface area contributed by atoms with Gasteiger partial charge in [0.25, 0.3) is 0 Å². The third-order valence-electron chi connectivity index (χ3n) is 4.84. The molecule has 0 aromatic carbocycles. The molecule has 21 heavy (non-hydrogen) atoms. The highest BCUT2D eigenvalue weighted by molar-refractivity contribution is 5.10. The highest BCUT2D eigenvalue weighted by atomic mass is 16.5. The Labute approximate surface area is 129 Å². The summed E-state index contributed by atoms with van der Waals surface area (Å²) >= 11 is 0. The second-order valence-electron chi connectivity index (χ2n) is 6.52. The molecule has 0 radical (unpaired) electrons. The molecule has 1 N–H and O–H groups in total. The quantitative estimate of drug-likeness (QED) is 0.840. The molecule has 1 aromatic heterocycles. The summed E-state index contributed by atoms with van der Waals surface area (Å²) in [5, 5.41) is 7.99. The van der Waals surface area contributed by atoms with Crippen LogP contribution in [-0.2, 0) is 18.2 Å². The van der Waals surface area contributed by atoms with Crippen molar-refractivity contribution in [2.24, 2.45) is 13.0 Å². The van der Waals surface area contributed by atoms with Crippen molar-refractivity contribution < 1.29 is 4.74 Å². The smallest absolute Gasteiger partial charge is 0.0838 e. The average molecular weight is 293 g/mol. The molecule has 120 valence electrons. The zero-order valence-corrected chi connectivity index (χ0v) is 14.1. The summed E-state index contributed by atoms with van der Waals surface area (Å²) in [6, 6.07) is 0.374. The Morgan fingerprint density at radius 2 is 2.14 bits per heavy atom. The van der Waals surface area contributed by atoms with Gasteiger partial charge in [0.1, 0.15) is 0 Å². The van der Waals surface area contributed by atoms with Gasteiger partial charge in [-0.3, -0.25) is 4.68 Å². The van der Waals surface area contributed by atoms with Crippen LogP contribution in [0.15, 0.2) is 12.4 Å². The van der Waals surface area contributed by atoms with Crippen molar-refractivity contribution in [3.63, 3.8) is 0 Å². The van der Waals surface area contributed by atoms with E-state index in [2.05, 4.69) is 37.4 Å². The van der Waals surface area contributed by atoms with Crippen molar-refractivity contribution in [3.05, 3.63) is 18.0 Å². The van der Waals surface area contributed by atoms with E-state index in [4.69, 9.17) is 4.74 Å². The molecule has 1 fully saturated rings. The molecule has 4 heteroatoms. The van der Waals surface area contributed by atoms with Crippen LogP contribution in [0.3, 0.4) is 0 Å². The van der Waals surface area contributed by atoms with Crippen molar-refractivity contribution in [3.8, 4) is 0 Å². The molecule has 1 unspecified atom stereocenters. The maximum Gasteiger partial charge on any atom is 0.0838 e. The first-order valence-electron chi connectivity index (χ1n) is 8.44. The Balaban J connectivity index is 2.15. The van der Waals surface area contributed by atoms with Gasteiger partial charge in [0.15, 0.2) is 0 Å². The fourth-order valence-corrected chi connectivity index (χ4v) is 3.64. The minimum atomic E-state index is -0.00683. The van der Waals surface area contributed by atoms with Gasteiger partial charge < -0.3 is 10.1 Å². The molecule has 1 aromatic rings. The number of rotatable bonds is 7. The molecule has 0 spiro atoms. The monoisotopic (exact) mass is 293 g/mol. The normalized spacial score (nSPS) is 27.7. The molecule has 1 saturated carbocycles. The lowest BCUT2D eigenvalue weighted by molar-refractivity contribution is -0.0958. The van der Waals surface area contributed by atoms with Gasteiger partial charge in [0.05, 0.1) is 11.8 Å². The number of hydrogen-bond donors (Lipinski definition) is 1. The number of aromatic nitrogens is 2. The fraction of sp³-hybridized carbons (Fsp3) is 0.824. The van der Waals surface area contributed by atoms with E-state index < -0.39 is 0 Å². The van der Waals surface area contributed by atoms with E-state index >= 15 is 0 Å². The topological polar surface area (TPSA) is 39.1 Å². The summed E-state index contributed by atoms with van der Waals surface area (Å²) in [5.74, 6) is 0.833. The van der Waals surface area contributed by atoms with Crippen LogP contribution in [0.1, 0.15) is 52.0 Å². The van der Waals surface area contributed by atoms with Crippen LogP contribution >= 0.6 is 0 Å². The zero-order valence-electron chi connectivity index (χ0n) is 14.1. The van der Waals surface area contributed by atoms with E-state index in [1.54, 1.807) is 0 Å². The van der Waals surface area contributed by atoms with Crippen molar-refractivity contribution in [2.45, 2.75) is 64.5 Å². The summed E-state index contributed by atoms with van der Waals surface area (Å²) in [5.41, 5.74) is 1.29. The molecule has 0 saturated heterocycles. The van der Waals surface area contributed by atoms with E-state index in [9.17, 15) is 0 Å². The highest BCUT2D eigenvalue weighted by Crippen LogP contribution is 2.38. The molecule has 1 atom stereocenters. The Bertz CT molecular complexity index is 421. The van der Waals surface area contributed by atoms with E-state index in [0.29, 0.717) is 6.04 Å². The van der Waals surface area contributed by atoms with Gasteiger partial charge in [0.2, 0.25) is 0 Å². The van der Waals surface area contributed by atoms with E-state index in [1.165, 1.54) is 31.2 Å². The lowest BCUT2D eigenvalue weighted by Crippen LogP contribution is -2.55. The highest BCUT2D eigenvalue weighted by Gasteiger charge is 2.41. The van der Waals surface area contributed by atoms with Crippen LogP contribution in [0, 0.1) is 5.92 Å². The first kappa shape index (κ1) is 16.5. The van der Waals surface area contributed by atoms with Gasteiger partial charge in [0, 0.05) is 25.9 Å². The van der Waals surface area contributed by atoms with E-state index in [0.717, 1.165) is 25.5 Å². The zero-order chi connectivity index (χ0) is 15.3. The van der Waals surface area contributed by atoms with E-state index in [1.807, 2.05) is 17.9 Å². The second kappa shape index (κ2) is 7.41. The summed E-state index contributed by atoms with van der Waals surface area (Å²) in [6.45, 7) is 8.44. The van der Waals surface area contributed by atoms with Gasteiger partial charge in [-0.2, -0.15) is 5.10 Å². The Morgan fingerprint density at radius 1 is 1.43 bits per heavy atom. The second-order valence-corrected chi connectivity index (χ2v) is 6.52. The summed E-state index contributed by atoms with van der Waals surface area (Å²) in [4.78, 5) is 0. The minimum Gasteiger partial charge on any atom is -0.374 e. The molecule has 1 aliphatic carbocycles. The number of ether oxygens (including phenoxy) is 1. The first-order valence-corrected chi connectivity index (χ1v) is 8.44. The maximum absolute atomic E-state index is 6.32. The molecule has 2 rings (SSSR count). The Kier molecular flexibility index (Phi) is 5.82. The Morgan fingerprint density at radius 3 is 2.67 bits per heavy atom. The third-order valence-corrected chi connectivity index (χ3v) is 4.84. The van der Waals surface area contributed by atoms with Gasteiger partial charge in [-0.1, -0.05) is 13.8 Å². The van der Waals surface area contributed by atoms with Crippen LogP contribution in [0.2, 0.25) is 0 Å². The lowest BCUT2D eigenvalue weighted by Gasteiger charge is -2.45. The fourth-order valence-electron chi connectivity index (χ4n) is 3.64. The first-order chi connectivity index (χ1) is 10.1. The van der Waals surface area contributed by atoms with Crippen LogP contribution < -0.4 is 5.32 Å². The van der Waals surface area contributed by atoms with Crippen molar-refractivity contribution >= 4 is 0 Å². The minimum absolute atomic E-state index is 0.00683. The number of nitrogens with one attached hydrogen (secondary N) is 1.